The van der Waals surface area contributed by atoms with Crippen molar-refractivity contribution in [3.8, 4) is 0 Å². The molecule has 24 heavy (non-hydrogen) atoms. The molecule has 0 saturated carbocycles. The molecule has 3 rings (SSSR count). The van der Waals surface area contributed by atoms with Crippen molar-refractivity contribution in [2.24, 2.45) is 5.10 Å². The van der Waals surface area contributed by atoms with Crippen molar-refractivity contribution in [2.45, 2.75) is 13.1 Å². The number of para-hydroxylation sites is 1. The number of hydrogen-bond donors (Lipinski definition) is 2. The third-order valence-corrected chi connectivity index (χ3v) is 3.76. The number of aromatic nitrogens is 2. The van der Waals surface area contributed by atoms with E-state index < -0.39 is 11.7 Å². The monoisotopic (exact) mass is 352 g/mol. The van der Waals surface area contributed by atoms with Gasteiger partial charge in [0.1, 0.15) is 0 Å². The summed E-state index contributed by atoms with van der Waals surface area (Å²) in [6, 6.07) is 8.53. The van der Waals surface area contributed by atoms with Gasteiger partial charge in [0.2, 0.25) is 0 Å². The van der Waals surface area contributed by atoms with E-state index in [9.17, 15) is 13.2 Å². The van der Waals surface area contributed by atoms with Crippen molar-refractivity contribution in [3.05, 3.63) is 58.4 Å². The van der Waals surface area contributed by atoms with E-state index in [0.29, 0.717) is 6.20 Å². The smallest absolute Gasteiger partial charge is 0.358 e. The molecule has 124 valence electrons. The molecule has 0 aliphatic rings. The van der Waals surface area contributed by atoms with Gasteiger partial charge in [0.15, 0.2) is 5.82 Å². The van der Waals surface area contributed by atoms with Gasteiger partial charge in [-0.25, -0.2) is 4.98 Å². The third kappa shape index (κ3) is 3.21. The summed E-state index contributed by atoms with van der Waals surface area (Å²) in [6.07, 6.45) is -2.20. The largest absolute Gasteiger partial charge is 0.417 e. The van der Waals surface area contributed by atoms with Gasteiger partial charge in [-0.15, -0.1) is 0 Å². The zero-order valence-corrected chi connectivity index (χ0v) is 13.2. The number of fused-ring (bicyclic) bond motifs is 1. The van der Waals surface area contributed by atoms with E-state index >= 15 is 0 Å². The Morgan fingerprint density at radius 2 is 2.04 bits per heavy atom. The molecule has 2 heterocycles. The molecular weight excluding hydrogens is 341 g/mol. The highest BCUT2D eigenvalue weighted by Crippen LogP contribution is 2.32. The summed E-state index contributed by atoms with van der Waals surface area (Å²) in [6.45, 7) is 1.91. The third-order valence-electron chi connectivity index (χ3n) is 3.48. The second-order valence-electron chi connectivity index (χ2n) is 5.13. The van der Waals surface area contributed by atoms with Gasteiger partial charge in [-0.2, -0.15) is 18.3 Å². The van der Waals surface area contributed by atoms with E-state index in [1.807, 2.05) is 31.2 Å². The summed E-state index contributed by atoms with van der Waals surface area (Å²) in [5, 5.41) is 4.86. The van der Waals surface area contributed by atoms with E-state index in [1.165, 1.54) is 0 Å². The SMILES string of the molecule is Cc1[nH]c2ccccc2c1C=NNc1ncc(C(F)(F)F)cc1Cl. The molecule has 0 saturated heterocycles. The Morgan fingerprint density at radius 1 is 1.29 bits per heavy atom. The summed E-state index contributed by atoms with van der Waals surface area (Å²) in [5.41, 5.74) is 4.43. The number of hydrazone groups is 1. The maximum Gasteiger partial charge on any atom is 0.417 e. The van der Waals surface area contributed by atoms with Crippen LogP contribution in [0.1, 0.15) is 16.8 Å². The Kier molecular flexibility index (Phi) is 4.19. The number of nitrogens with zero attached hydrogens (tertiary/aromatic N) is 2. The molecule has 0 fully saturated rings. The fraction of sp³-hybridized carbons (Fsp3) is 0.125. The number of aryl methyl sites for hydroxylation is 1. The van der Waals surface area contributed by atoms with E-state index in [1.54, 1.807) is 6.21 Å². The van der Waals surface area contributed by atoms with Gasteiger partial charge in [-0.1, -0.05) is 29.8 Å². The molecule has 0 aliphatic carbocycles. The van der Waals surface area contributed by atoms with E-state index in [2.05, 4.69) is 20.5 Å². The van der Waals surface area contributed by atoms with Crippen LogP contribution in [-0.2, 0) is 6.18 Å². The van der Waals surface area contributed by atoms with Gasteiger partial charge < -0.3 is 4.98 Å². The first-order chi connectivity index (χ1) is 11.4. The van der Waals surface area contributed by atoms with Crippen molar-refractivity contribution in [1.82, 2.24) is 9.97 Å². The minimum atomic E-state index is -4.49. The summed E-state index contributed by atoms with van der Waals surface area (Å²) in [4.78, 5) is 6.89. The lowest BCUT2D eigenvalue weighted by atomic mass is 10.1. The predicted octanol–water partition coefficient (Wildman–Crippen LogP) is 4.99. The van der Waals surface area contributed by atoms with Crippen molar-refractivity contribution in [3.63, 3.8) is 0 Å². The molecule has 0 radical (unpaired) electrons. The van der Waals surface area contributed by atoms with E-state index in [-0.39, 0.29) is 10.8 Å². The number of nitrogens with one attached hydrogen (secondary N) is 2. The Balaban J connectivity index is 1.82. The standard InChI is InChI=1S/C16H12ClF3N4/c1-9-12(11-4-2-3-5-14(11)23-9)8-22-24-15-13(17)6-10(7-21-15)16(18,19)20/h2-8,23H,1H3,(H,21,24). The summed E-state index contributed by atoms with van der Waals surface area (Å²) < 4.78 is 37.7. The topological polar surface area (TPSA) is 53.1 Å². The number of pyridine rings is 1. The molecule has 3 aromatic rings. The quantitative estimate of drug-likeness (QED) is 0.515. The predicted molar refractivity (Wildman–Crippen MR) is 88.5 cm³/mol. The minimum absolute atomic E-state index is 0.0541. The first-order valence-corrected chi connectivity index (χ1v) is 7.33. The normalized spacial score (nSPS) is 12.2. The maximum atomic E-state index is 12.6. The average Bonchev–Trinajstić information content (AvgIpc) is 2.84. The number of rotatable bonds is 3. The number of benzene rings is 1. The van der Waals surface area contributed by atoms with Gasteiger partial charge in [0, 0.05) is 28.4 Å². The number of aromatic amines is 1. The zero-order valence-electron chi connectivity index (χ0n) is 12.4. The van der Waals surface area contributed by atoms with Crippen LogP contribution >= 0.6 is 11.6 Å². The summed E-state index contributed by atoms with van der Waals surface area (Å²) in [7, 11) is 0. The van der Waals surface area contributed by atoms with E-state index in [4.69, 9.17) is 11.6 Å². The highest BCUT2D eigenvalue weighted by atomic mass is 35.5. The Labute approximate surface area is 140 Å². The molecule has 0 atom stereocenters. The second kappa shape index (κ2) is 6.16. The van der Waals surface area contributed by atoms with Crippen LogP contribution in [0, 0.1) is 6.92 Å². The summed E-state index contributed by atoms with van der Waals surface area (Å²) >= 11 is 5.82. The first kappa shape index (κ1) is 16.3. The lowest BCUT2D eigenvalue weighted by Gasteiger charge is -2.08. The molecule has 0 amide bonds. The fourth-order valence-electron chi connectivity index (χ4n) is 2.30. The van der Waals surface area contributed by atoms with Gasteiger partial charge in [-0.3, -0.25) is 5.43 Å². The van der Waals surface area contributed by atoms with Crippen molar-refractivity contribution in [1.29, 1.82) is 0 Å². The molecule has 0 bridgehead atoms. The number of alkyl halides is 3. The van der Waals surface area contributed by atoms with E-state index in [0.717, 1.165) is 28.2 Å². The number of anilines is 1. The molecule has 2 aromatic heterocycles. The zero-order chi connectivity index (χ0) is 17.3. The van der Waals surface area contributed by atoms with Crippen LogP contribution in [0.5, 0.6) is 0 Å². The molecule has 8 heteroatoms. The molecule has 4 nitrogen and oxygen atoms in total. The van der Waals surface area contributed by atoms with Gasteiger partial charge in [-0.05, 0) is 19.1 Å². The molecule has 1 aromatic carbocycles. The molecular formula is C16H12ClF3N4. The maximum absolute atomic E-state index is 12.6. The van der Waals surface area contributed by atoms with Crippen LogP contribution in [0.2, 0.25) is 5.02 Å². The van der Waals surface area contributed by atoms with Crippen LogP contribution in [0.4, 0.5) is 19.0 Å². The molecule has 0 aliphatic heterocycles. The highest BCUT2D eigenvalue weighted by Gasteiger charge is 2.31. The fourth-order valence-corrected chi connectivity index (χ4v) is 2.51. The molecule has 0 unspecified atom stereocenters. The average molecular weight is 353 g/mol. The first-order valence-electron chi connectivity index (χ1n) is 6.95. The van der Waals surface area contributed by atoms with Gasteiger partial charge in [0.05, 0.1) is 16.8 Å². The van der Waals surface area contributed by atoms with Crippen LogP contribution in [0.25, 0.3) is 10.9 Å². The van der Waals surface area contributed by atoms with Crippen molar-refractivity contribution in [2.75, 3.05) is 5.43 Å². The highest BCUT2D eigenvalue weighted by molar-refractivity contribution is 6.33. The Morgan fingerprint density at radius 3 is 2.75 bits per heavy atom. The lowest BCUT2D eigenvalue weighted by Crippen LogP contribution is -2.06. The van der Waals surface area contributed by atoms with Gasteiger partial charge in [0.25, 0.3) is 0 Å². The van der Waals surface area contributed by atoms with Gasteiger partial charge >= 0.3 is 6.18 Å². The lowest BCUT2D eigenvalue weighted by molar-refractivity contribution is -0.137. The van der Waals surface area contributed by atoms with Crippen LogP contribution in [0.15, 0.2) is 41.6 Å². The van der Waals surface area contributed by atoms with Crippen LogP contribution in [-0.4, -0.2) is 16.2 Å². The Hall–Kier alpha value is -2.54. The molecule has 2 N–H and O–H groups in total. The minimum Gasteiger partial charge on any atom is -0.358 e. The van der Waals surface area contributed by atoms with Crippen molar-refractivity contribution >= 4 is 34.5 Å². The number of hydrogen-bond acceptors (Lipinski definition) is 3. The van der Waals surface area contributed by atoms with Crippen LogP contribution in [0.3, 0.4) is 0 Å². The van der Waals surface area contributed by atoms with Crippen molar-refractivity contribution < 1.29 is 13.2 Å². The number of H-pyrrole nitrogens is 1. The second-order valence-corrected chi connectivity index (χ2v) is 5.54. The molecule has 0 spiro atoms. The summed E-state index contributed by atoms with van der Waals surface area (Å²) in [5.74, 6) is 0.0541. The van der Waals surface area contributed by atoms with Crippen LogP contribution < -0.4 is 5.43 Å². The number of halogens is 4. The Bertz CT molecular complexity index is 915.